The number of nitrogens with one attached hydrogen (secondary N) is 3. The van der Waals surface area contributed by atoms with Crippen molar-refractivity contribution in [3.63, 3.8) is 0 Å². The van der Waals surface area contributed by atoms with E-state index in [0.29, 0.717) is 22.6 Å². The molecule has 0 heterocycles. The lowest BCUT2D eigenvalue weighted by Crippen LogP contribution is -2.19. The van der Waals surface area contributed by atoms with Gasteiger partial charge in [0, 0.05) is 24.0 Å². The molecule has 0 bridgehead atoms. The van der Waals surface area contributed by atoms with Gasteiger partial charge >= 0.3 is 6.03 Å². The summed E-state index contributed by atoms with van der Waals surface area (Å²) in [6.45, 7) is 1.41. The highest BCUT2D eigenvalue weighted by molar-refractivity contribution is 6.00. The molecule has 0 fully saturated rings. The van der Waals surface area contributed by atoms with Gasteiger partial charge in [-0.15, -0.1) is 0 Å². The molecule has 0 saturated heterocycles. The van der Waals surface area contributed by atoms with Crippen LogP contribution in [0.5, 0.6) is 0 Å². The standard InChI is InChI=1S/C16H14N4O2/c1-11(21)18-14-3-2-4-15(9-14)20-16(22)19-13-7-5-12(10-17)6-8-13/h2-9H,1H3,(H,18,21)(H2,19,20,22). The van der Waals surface area contributed by atoms with E-state index in [1.807, 2.05) is 6.07 Å². The second kappa shape index (κ2) is 6.90. The minimum atomic E-state index is -0.412. The molecule has 0 unspecified atom stereocenters. The molecule has 0 aliphatic rings. The number of anilines is 3. The van der Waals surface area contributed by atoms with Crippen LogP contribution in [-0.4, -0.2) is 11.9 Å². The van der Waals surface area contributed by atoms with Crippen molar-refractivity contribution in [2.24, 2.45) is 0 Å². The van der Waals surface area contributed by atoms with Crippen molar-refractivity contribution in [1.82, 2.24) is 0 Å². The lowest BCUT2D eigenvalue weighted by Gasteiger charge is -2.09. The molecular formula is C16H14N4O2. The number of carbonyl (C=O) groups is 2. The monoisotopic (exact) mass is 294 g/mol. The smallest absolute Gasteiger partial charge is 0.323 e. The van der Waals surface area contributed by atoms with Gasteiger partial charge < -0.3 is 16.0 Å². The van der Waals surface area contributed by atoms with Gasteiger partial charge in [-0.25, -0.2) is 4.79 Å². The van der Waals surface area contributed by atoms with Crippen LogP contribution in [0.25, 0.3) is 0 Å². The normalized spacial score (nSPS) is 9.45. The van der Waals surface area contributed by atoms with Crippen LogP contribution >= 0.6 is 0 Å². The van der Waals surface area contributed by atoms with Crippen molar-refractivity contribution in [2.45, 2.75) is 6.92 Å². The predicted octanol–water partition coefficient (Wildman–Crippen LogP) is 3.16. The maximum Gasteiger partial charge on any atom is 0.323 e. The van der Waals surface area contributed by atoms with Gasteiger partial charge in [-0.3, -0.25) is 4.79 Å². The number of nitriles is 1. The van der Waals surface area contributed by atoms with E-state index in [1.54, 1.807) is 48.5 Å². The third-order valence-electron chi connectivity index (χ3n) is 2.71. The molecular weight excluding hydrogens is 280 g/mol. The molecule has 3 amide bonds. The van der Waals surface area contributed by atoms with Gasteiger partial charge in [-0.2, -0.15) is 5.26 Å². The third kappa shape index (κ3) is 4.35. The SMILES string of the molecule is CC(=O)Nc1cccc(NC(=O)Nc2ccc(C#N)cc2)c1. The van der Waals surface area contributed by atoms with Crippen LogP contribution in [-0.2, 0) is 4.79 Å². The van der Waals surface area contributed by atoms with E-state index in [0.717, 1.165) is 0 Å². The Morgan fingerprint density at radius 2 is 1.50 bits per heavy atom. The minimum absolute atomic E-state index is 0.181. The van der Waals surface area contributed by atoms with Crippen molar-refractivity contribution in [1.29, 1.82) is 5.26 Å². The maximum absolute atomic E-state index is 11.9. The Morgan fingerprint density at radius 3 is 2.09 bits per heavy atom. The first-order chi connectivity index (χ1) is 10.6. The molecule has 2 rings (SSSR count). The first-order valence-electron chi connectivity index (χ1n) is 6.52. The summed E-state index contributed by atoms with van der Waals surface area (Å²) in [5.74, 6) is -0.181. The molecule has 22 heavy (non-hydrogen) atoms. The number of hydrogen-bond donors (Lipinski definition) is 3. The van der Waals surface area contributed by atoms with Crippen molar-refractivity contribution in [3.8, 4) is 6.07 Å². The van der Waals surface area contributed by atoms with Gasteiger partial charge in [0.1, 0.15) is 0 Å². The fraction of sp³-hybridized carbons (Fsp3) is 0.0625. The Labute approximate surface area is 127 Å². The molecule has 2 aromatic carbocycles. The first-order valence-corrected chi connectivity index (χ1v) is 6.52. The Kier molecular flexibility index (Phi) is 4.73. The molecule has 110 valence electrons. The summed E-state index contributed by atoms with van der Waals surface area (Å²) in [6, 6.07) is 14.9. The molecule has 0 aromatic heterocycles. The van der Waals surface area contributed by atoms with Crippen molar-refractivity contribution in [2.75, 3.05) is 16.0 Å². The van der Waals surface area contributed by atoms with E-state index in [-0.39, 0.29) is 5.91 Å². The summed E-state index contributed by atoms with van der Waals surface area (Å²) < 4.78 is 0. The van der Waals surface area contributed by atoms with Crippen LogP contribution in [0, 0.1) is 11.3 Å². The van der Waals surface area contributed by atoms with E-state index in [1.165, 1.54) is 6.92 Å². The molecule has 2 aromatic rings. The van der Waals surface area contributed by atoms with E-state index >= 15 is 0 Å². The molecule has 6 heteroatoms. The highest BCUT2D eigenvalue weighted by Gasteiger charge is 2.04. The summed E-state index contributed by atoms with van der Waals surface area (Å²) in [7, 11) is 0. The van der Waals surface area contributed by atoms with Crippen LogP contribution < -0.4 is 16.0 Å². The Bertz CT molecular complexity index is 733. The summed E-state index contributed by atoms with van der Waals surface area (Å²) >= 11 is 0. The van der Waals surface area contributed by atoms with Gasteiger partial charge in [0.2, 0.25) is 5.91 Å². The summed E-state index contributed by atoms with van der Waals surface area (Å²) in [6.07, 6.45) is 0. The number of urea groups is 1. The van der Waals surface area contributed by atoms with E-state index in [9.17, 15) is 9.59 Å². The van der Waals surface area contributed by atoms with Gasteiger partial charge in [-0.1, -0.05) is 6.07 Å². The summed E-state index contributed by atoms with van der Waals surface area (Å²) in [5.41, 5.74) is 2.25. The number of amides is 3. The molecule has 0 aliphatic carbocycles. The first kappa shape index (κ1) is 15.1. The number of hydrogen-bond acceptors (Lipinski definition) is 3. The van der Waals surface area contributed by atoms with Gasteiger partial charge in [-0.05, 0) is 42.5 Å². The highest BCUT2D eigenvalue weighted by Crippen LogP contribution is 2.16. The number of carbonyl (C=O) groups excluding carboxylic acids is 2. The van der Waals surface area contributed by atoms with Crippen LogP contribution in [0.3, 0.4) is 0 Å². The highest BCUT2D eigenvalue weighted by atomic mass is 16.2. The van der Waals surface area contributed by atoms with Crippen LogP contribution in [0.2, 0.25) is 0 Å². The lowest BCUT2D eigenvalue weighted by molar-refractivity contribution is -0.114. The second-order valence-corrected chi connectivity index (χ2v) is 4.53. The maximum atomic E-state index is 11.9. The van der Waals surface area contributed by atoms with Crippen LogP contribution in [0.15, 0.2) is 48.5 Å². The topological polar surface area (TPSA) is 94.0 Å². The molecule has 6 nitrogen and oxygen atoms in total. The van der Waals surface area contributed by atoms with Crippen molar-refractivity contribution in [3.05, 3.63) is 54.1 Å². The zero-order chi connectivity index (χ0) is 15.9. The molecule has 0 aliphatic heterocycles. The minimum Gasteiger partial charge on any atom is -0.326 e. The van der Waals surface area contributed by atoms with Crippen LogP contribution in [0.1, 0.15) is 12.5 Å². The quantitative estimate of drug-likeness (QED) is 0.811. The Morgan fingerprint density at radius 1 is 0.909 bits per heavy atom. The van der Waals surface area contributed by atoms with Gasteiger partial charge in [0.05, 0.1) is 11.6 Å². The number of benzene rings is 2. The summed E-state index contributed by atoms with van der Waals surface area (Å²) in [5, 5.41) is 16.7. The Balaban J connectivity index is 1.99. The molecule has 0 radical (unpaired) electrons. The molecule has 0 saturated carbocycles. The van der Waals surface area contributed by atoms with Crippen LogP contribution in [0.4, 0.5) is 21.9 Å². The molecule has 0 atom stereocenters. The van der Waals surface area contributed by atoms with E-state index < -0.39 is 6.03 Å². The fourth-order valence-electron chi connectivity index (χ4n) is 1.80. The lowest BCUT2D eigenvalue weighted by atomic mass is 10.2. The number of rotatable bonds is 3. The summed E-state index contributed by atoms with van der Waals surface area (Å²) in [4.78, 5) is 22.9. The van der Waals surface area contributed by atoms with Gasteiger partial charge in [0.25, 0.3) is 0 Å². The second-order valence-electron chi connectivity index (χ2n) is 4.53. The third-order valence-corrected chi connectivity index (χ3v) is 2.71. The molecule has 3 N–H and O–H groups in total. The average Bonchev–Trinajstić information content (AvgIpc) is 2.47. The van der Waals surface area contributed by atoms with E-state index in [4.69, 9.17) is 5.26 Å². The van der Waals surface area contributed by atoms with Gasteiger partial charge in [0.15, 0.2) is 0 Å². The van der Waals surface area contributed by atoms with E-state index in [2.05, 4.69) is 16.0 Å². The largest absolute Gasteiger partial charge is 0.326 e. The van der Waals surface area contributed by atoms with Crippen molar-refractivity contribution < 1.29 is 9.59 Å². The Hall–Kier alpha value is -3.33. The average molecular weight is 294 g/mol. The van der Waals surface area contributed by atoms with Crippen molar-refractivity contribution >= 4 is 29.0 Å². The molecule has 0 spiro atoms. The zero-order valence-corrected chi connectivity index (χ0v) is 11.9. The zero-order valence-electron chi connectivity index (χ0n) is 11.9. The number of nitrogens with zero attached hydrogens (tertiary/aromatic N) is 1. The predicted molar refractivity (Wildman–Crippen MR) is 84.5 cm³/mol. The fourth-order valence-corrected chi connectivity index (χ4v) is 1.80.